The summed E-state index contributed by atoms with van der Waals surface area (Å²) in [6, 6.07) is 5.93. The Morgan fingerprint density at radius 3 is 2.10 bits per heavy atom. The minimum Gasteiger partial charge on any atom is -0.398 e. The topological polar surface area (TPSA) is 203 Å². The van der Waals surface area contributed by atoms with Gasteiger partial charge in [-0.3, -0.25) is 9.11 Å². The average molecular weight is 483 g/mol. The predicted molar refractivity (Wildman–Crippen MR) is 101 cm³/mol. The molecule has 0 aliphatic heterocycles. The number of rotatable bonds is 8. The summed E-state index contributed by atoms with van der Waals surface area (Å²) in [5.41, 5.74) is 4.33. The van der Waals surface area contributed by atoms with Gasteiger partial charge in [-0.25, -0.2) is 17.0 Å². The highest BCUT2D eigenvalue weighted by Crippen LogP contribution is 2.29. The molecule has 0 spiro atoms. The highest BCUT2D eigenvalue weighted by Gasteiger charge is 2.18. The van der Waals surface area contributed by atoms with Gasteiger partial charge in [0.15, 0.2) is 15.7 Å². The van der Waals surface area contributed by atoms with Crippen LogP contribution in [0.3, 0.4) is 0 Å². The van der Waals surface area contributed by atoms with E-state index in [4.69, 9.17) is 14.8 Å². The summed E-state index contributed by atoms with van der Waals surface area (Å²) in [5, 5.41) is 7.16. The monoisotopic (exact) mass is 483 g/mol. The predicted octanol–water partition coefficient (Wildman–Crippen LogP) is 1.66. The van der Waals surface area contributed by atoms with Crippen molar-refractivity contribution >= 4 is 47.4 Å². The molecule has 0 bridgehead atoms. The molecule has 0 heterocycles. The minimum atomic E-state index is -4.77. The van der Waals surface area contributed by atoms with Crippen LogP contribution < -0.4 is 5.73 Å². The van der Waals surface area contributed by atoms with Gasteiger partial charge in [0.1, 0.15) is 10.6 Å². The number of hydrogen-bond donors (Lipinski definition) is 3. The number of hydrogen-bond acceptors (Lipinski definition) is 10. The minimum absolute atomic E-state index is 0.0627. The molecule has 0 unspecified atom stereocenters. The molecule has 0 aliphatic carbocycles. The second kappa shape index (κ2) is 8.70. The zero-order chi connectivity index (χ0) is 22.7. The normalized spacial score (nSPS) is 13.0. The molecule has 0 fully saturated rings. The molecule has 0 radical (unpaired) electrons. The van der Waals surface area contributed by atoms with E-state index in [9.17, 15) is 29.6 Å². The zero-order valence-electron chi connectivity index (χ0n) is 14.7. The Balaban J connectivity index is 2.21. The Morgan fingerprint density at radius 1 is 0.967 bits per heavy atom. The summed E-state index contributed by atoms with van der Waals surface area (Å²) in [4.78, 5) is -0.973. The number of azo groups is 1. The van der Waals surface area contributed by atoms with Crippen LogP contribution >= 0.6 is 0 Å². The Morgan fingerprint density at radius 2 is 1.57 bits per heavy atom. The van der Waals surface area contributed by atoms with Gasteiger partial charge in [-0.05, 0) is 30.3 Å². The summed E-state index contributed by atoms with van der Waals surface area (Å²) in [6.07, 6.45) is 0. The van der Waals surface area contributed by atoms with Crippen molar-refractivity contribution in [2.24, 2.45) is 10.2 Å². The summed E-state index contributed by atoms with van der Waals surface area (Å²) in [7, 11) is -13.4. The number of sulfone groups is 1. The van der Waals surface area contributed by atoms with Gasteiger partial charge in [0.25, 0.3) is 10.1 Å². The van der Waals surface area contributed by atoms with Crippen molar-refractivity contribution in [3.05, 3.63) is 42.2 Å². The Labute approximate surface area is 170 Å². The van der Waals surface area contributed by atoms with Gasteiger partial charge in [-0.1, -0.05) is 0 Å². The molecule has 2 aromatic rings. The van der Waals surface area contributed by atoms with Crippen LogP contribution in [0.1, 0.15) is 0 Å². The summed E-state index contributed by atoms with van der Waals surface area (Å²) < 4.78 is 103. The third kappa shape index (κ3) is 6.51. The van der Waals surface area contributed by atoms with Crippen LogP contribution in [0.2, 0.25) is 0 Å². The van der Waals surface area contributed by atoms with Gasteiger partial charge in [-0.15, -0.1) is 5.11 Å². The average Bonchev–Trinajstić information content (AvgIpc) is 2.59. The summed E-state index contributed by atoms with van der Waals surface area (Å²) in [5.74, 6) is -1.75. The lowest BCUT2D eigenvalue weighted by Crippen LogP contribution is -2.15. The Hall–Kier alpha value is -2.50. The van der Waals surface area contributed by atoms with E-state index in [-0.39, 0.29) is 10.6 Å². The number of halogens is 1. The van der Waals surface area contributed by atoms with E-state index >= 15 is 0 Å². The van der Waals surface area contributed by atoms with Gasteiger partial charge >= 0.3 is 10.4 Å². The van der Waals surface area contributed by atoms with Crippen LogP contribution in [0.5, 0.6) is 0 Å². The lowest BCUT2D eigenvalue weighted by atomic mass is 10.3. The smallest absolute Gasteiger partial charge is 0.397 e. The Bertz CT molecular complexity index is 1290. The van der Waals surface area contributed by atoms with Crippen LogP contribution in [-0.2, 0) is 34.5 Å². The van der Waals surface area contributed by atoms with Crippen LogP contribution in [0, 0.1) is 5.82 Å². The molecule has 0 aliphatic rings. The second-order valence-electron chi connectivity index (χ2n) is 5.58. The zero-order valence-corrected chi connectivity index (χ0v) is 17.2. The molecule has 164 valence electrons. The molecule has 16 heteroatoms. The third-order valence-corrected chi connectivity index (χ3v) is 6.48. The van der Waals surface area contributed by atoms with Crippen LogP contribution in [0.25, 0.3) is 0 Å². The highest BCUT2D eigenvalue weighted by molar-refractivity contribution is 7.91. The quantitative estimate of drug-likeness (QED) is 0.281. The van der Waals surface area contributed by atoms with E-state index in [0.29, 0.717) is 12.1 Å². The number of benzene rings is 2. The first-order chi connectivity index (χ1) is 13.7. The van der Waals surface area contributed by atoms with Crippen LogP contribution in [0.15, 0.2) is 56.4 Å². The lowest BCUT2D eigenvalue weighted by molar-refractivity contribution is 0.284. The van der Waals surface area contributed by atoms with Gasteiger partial charge < -0.3 is 5.73 Å². The van der Waals surface area contributed by atoms with Gasteiger partial charge in [0.2, 0.25) is 0 Å². The fraction of sp³-hybridized carbons (Fsp3) is 0.143. The fourth-order valence-electron chi connectivity index (χ4n) is 2.06. The second-order valence-corrected chi connectivity index (χ2v) is 10.2. The van der Waals surface area contributed by atoms with E-state index in [1.54, 1.807) is 0 Å². The molecule has 2 rings (SSSR count). The van der Waals surface area contributed by atoms with Gasteiger partial charge in [0.05, 0.1) is 28.6 Å². The number of nitrogens with two attached hydrogens (primary N) is 1. The van der Waals surface area contributed by atoms with Crippen molar-refractivity contribution in [2.45, 2.75) is 9.79 Å². The number of nitrogen functional groups attached to an aromatic ring is 1. The largest absolute Gasteiger partial charge is 0.398 e. The summed E-state index contributed by atoms with van der Waals surface area (Å²) >= 11 is 0. The molecular formula is C14H14FN3O9S3. The maximum absolute atomic E-state index is 13.9. The first kappa shape index (κ1) is 23.8. The van der Waals surface area contributed by atoms with Crippen molar-refractivity contribution < 1.29 is 42.9 Å². The van der Waals surface area contributed by atoms with Crippen molar-refractivity contribution in [1.82, 2.24) is 0 Å². The standard InChI is InChI=1S/C14H14FN3O9S3/c15-11-7-12(16)14(29(21,22)23)8-13(11)18-17-9-1-3-10(4-2-9)28(19,20)6-5-27-30(24,25)26/h1-4,7-8H,5-6,16H2,(H,21,22,23)(H,24,25,26). The van der Waals surface area contributed by atoms with E-state index in [1.807, 2.05) is 0 Å². The molecule has 30 heavy (non-hydrogen) atoms. The Kier molecular flexibility index (Phi) is 6.90. The molecule has 0 amide bonds. The number of nitrogens with zero attached hydrogens (tertiary/aromatic N) is 2. The molecule has 0 saturated carbocycles. The first-order valence-corrected chi connectivity index (χ1v) is 12.1. The van der Waals surface area contributed by atoms with Crippen molar-refractivity contribution in [2.75, 3.05) is 18.1 Å². The third-order valence-electron chi connectivity index (χ3n) is 3.41. The van der Waals surface area contributed by atoms with Crippen molar-refractivity contribution in [3.63, 3.8) is 0 Å². The maximum atomic E-state index is 13.9. The fourth-order valence-corrected chi connectivity index (χ4v) is 4.16. The van der Waals surface area contributed by atoms with Crippen LogP contribution in [0.4, 0.5) is 21.5 Å². The van der Waals surface area contributed by atoms with Crippen LogP contribution in [-0.4, -0.2) is 46.7 Å². The molecule has 0 atom stereocenters. The molecular weight excluding hydrogens is 469 g/mol. The molecule has 4 N–H and O–H groups in total. The molecule has 0 saturated heterocycles. The molecule has 12 nitrogen and oxygen atoms in total. The van der Waals surface area contributed by atoms with E-state index in [0.717, 1.165) is 12.1 Å². The van der Waals surface area contributed by atoms with Crippen molar-refractivity contribution in [3.8, 4) is 0 Å². The van der Waals surface area contributed by atoms with Crippen molar-refractivity contribution in [1.29, 1.82) is 0 Å². The van der Waals surface area contributed by atoms with Gasteiger partial charge in [0, 0.05) is 6.07 Å². The van der Waals surface area contributed by atoms with E-state index < -0.39 is 64.8 Å². The number of anilines is 1. The van der Waals surface area contributed by atoms with E-state index in [2.05, 4.69) is 14.4 Å². The SMILES string of the molecule is Nc1cc(F)c(N=Nc2ccc(S(=O)(=O)CCOS(=O)(=O)O)cc2)cc1S(=O)(=O)O. The van der Waals surface area contributed by atoms with Gasteiger partial charge in [-0.2, -0.15) is 21.9 Å². The lowest BCUT2D eigenvalue weighted by Gasteiger charge is -2.05. The first-order valence-electron chi connectivity index (χ1n) is 7.62. The maximum Gasteiger partial charge on any atom is 0.397 e. The molecule has 2 aromatic carbocycles. The summed E-state index contributed by atoms with van der Waals surface area (Å²) in [6.45, 7) is -0.796. The highest BCUT2D eigenvalue weighted by atomic mass is 32.3. The molecule has 0 aromatic heterocycles. The van der Waals surface area contributed by atoms with E-state index in [1.165, 1.54) is 12.1 Å².